The summed E-state index contributed by atoms with van der Waals surface area (Å²) in [6, 6.07) is 18.8. The van der Waals surface area contributed by atoms with E-state index in [1.54, 1.807) is 0 Å². The Morgan fingerprint density at radius 3 is 2.65 bits per heavy atom. The number of hydrogen-bond donors (Lipinski definition) is 2. The molecule has 0 saturated carbocycles. The zero-order valence-electron chi connectivity index (χ0n) is 14.3. The average molecular weight is 308 g/mol. The topological polar surface area (TPSA) is 24.1 Å². The molecule has 2 N–H and O–H groups in total. The van der Waals surface area contributed by atoms with Crippen LogP contribution in [0.3, 0.4) is 0 Å². The van der Waals surface area contributed by atoms with Crippen molar-refractivity contribution in [2.24, 2.45) is 0 Å². The summed E-state index contributed by atoms with van der Waals surface area (Å²) in [5, 5.41) is 7.15. The standard InChI is InChI=1S/C21H28N2/c1-3-19(13-16-7-5-4-6-8-16)23-21-12-10-17-14-20(22-2)11-9-18(17)15-21/h4-9,11,14,19,21-23H,3,10,12-13,15H2,1-2H3. The Balaban J connectivity index is 1.61. The number of nitrogens with one attached hydrogen (secondary N) is 2. The van der Waals surface area contributed by atoms with Crippen molar-refractivity contribution in [1.29, 1.82) is 0 Å². The summed E-state index contributed by atoms with van der Waals surface area (Å²) in [5.41, 5.74) is 5.70. The van der Waals surface area contributed by atoms with Gasteiger partial charge in [0.05, 0.1) is 0 Å². The van der Waals surface area contributed by atoms with E-state index < -0.39 is 0 Å². The number of benzene rings is 2. The summed E-state index contributed by atoms with van der Waals surface area (Å²) >= 11 is 0. The largest absolute Gasteiger partial charge is 0.388 e. The van der Waals surface area contributed by atoms with Crippen LogP contribution < -0.4 is 10.6 Å². The van der Waals surface area contributed by atoms with Crippen LogP contribution in [-0.4, -0.2) is 19.1 Å². The number of anilines is 1. The molecule has 122 valence electrons. The van der Waals surface area contributed by atoms with Gasteiger partial charge in [0, 0.05) is 24.8 Å². The van der Waals surface area contributed by atoms with Gasteiger partial charge in [0.25, 0.3) is 0 Å². The molecule has 0 fully saturated rings. The molecule has 2 unspecified atom stereocenters. The lowest BCUT2D eigenvalue weighted by atomic mass is 9.87. The molecule has 1 aliphatic carbocycles. The van der Waals surface area contributed by atoms with Gasteiger partial charge < -0.3 is 10.6 Å². The summed E-state index contributed by atoms with van der Waals surface area (Å²) < 4.78 is 0. The van der Waals surface area contributed by atoms with E-state index in [0.717, 1.165) is 12.8 Å². The Morgan fingerprint density at radius 2 is 1.91 bits per heavy atom. The number of aryl methyl sites for hydroxylation is 1. The van der Waals surface area contributed by atoms with Gasteiger partial charge in [-0.3, -0.25) is 0 Å². The van der Waals surface area contributed by atoms with E-state index in [4.69, 9.17) is 0 Å². The molecule has 2 aromatic rings. The van der Waals surface area contributed by atoms with Crippen LogP contribution in [-0.2, 0) is 19.3 Å². The van der Waals surface area contributed by atoms with E-state index in [9.17, 15) is 0 Å². The predicted molar refractivity (Wildman–Crippen MR) is 99.2 cm³/mol. The Morgan fingerprint density at radius 1 is 1.09 bits per heavy atom. The van der Waals surface area contributed by atoms with Crippen molar-refractivity contribution < 1.29 is 0 Å². The number of rotatable bonds is 6. The smallest absolute Gasteiger partial charge is 0.0340 e. The fraction of sp³-hybridized carbons (Fsp3) is 0.429. The van der Waals surface area contributed by atoms with Gasteiger partial charge in [0.2, 0.25) is 0 Å². The quantitative estimate of drug-likeness (QED) is 0.836. The minimum atomic E-state index is 0.570. The lowest BCUT2D eigenvalue weighted by Crippen LogP contribution is -2.42. The summed E-state index contributed by atoms with van der Waals surface area (Å²) in [7, 11) is 1.99. The second-order valence-corrected chi connectivity index (χ2v) is 6.63. The summed E-state index contributed by atoms with van der Waals surface area (Å²) in [6.07, 6.45) is 5.89. The molecule has 2 nitrogen and oxygen atoms in total. The first-order chi connectivity index (χ1) is 11.3. The third kappa shape index (κ3) is 4.14. The third-order valence-electron chi connectivity index (χ3n) is 5.01. The molecule has 0 radical (unpaired) electrons. The molecule has 0 bridgehead atoms. The van der Waals surface area contributed by atoms with Crippen LogP contribution in [0.2, 0.25) is 0 Å². The summed E-state index contributed by atoms with van der Waals surface area (Å²) in [5.74, 6) is 0. The molecule has 1 aliphatic rings. The zero-order valence-corrected chi connectivity index (χ0v) is 14.3. The highest BCUT2D eigenvalue weighted by Crippen LogP contribution is 2.25. The van der Waals surface area contributed by atoms with E-state index in [1.165, 1.54) is 41.6 Å². The number of fused-ring (bicyclic) bond motifs is 1. The van der Waals surface area contributed by atoms with E-state index in [1.807, 2.05) is 7.05 Å². The van der Waals surface area contributed by atoms with Crippen LogP contribution in [0, 0.1) is 0 Å². The van der Waals surface area contributed by atoms with E-state index >= 15 is 0 Å². The molecule has 23 heavy (non-hydrogen) atoms. The van der Waals surface area contributed by atoms with Gasteiger partial charge in [-0.2, -0.15) is 0 Å². The van der Waals surface area contributed by atoms with Gasteiger partial charge in [-0.1, -0.05) is 43.3 Å². The first kappa shape index (κ1) is 16.1. The molecule has 2 heteroatoms. The molecule has 0 aromatic heterocycles. The molecule has 0 heterocycles. The van der Waals surface area contributed by atoms with E-state index in [-0.39, 0.29) is 0 Å². The van der Waals surface area contributed by atoms with Gasteiger partial charge >= 0.3 is 0 Å². The first-order valence-electron chi connectivity index (χ1n) is 8.88. The Hall–Kier alpha value is -1.80. The maximum atomic E-state index is 3.91. The van der Waals surface area contributed by atoms with Crippen molar-refractivity contribution in [3.8, 4) is 0 Å². The average Bonchev–Trinajstić information content (AvgIpc) is 2.61. The predicted octanol–water partition coefficient (Wildman–Crippen LogP) is 4.20. The molecule has 3 rings (SSSR count). The minimum Gasteiger partial charge on any atom is -0.388 e. The highest BCUT2D eigenvalue weighted by molar-refractivity contribution is 5.49. The van der Waals surface area contributed by atoms with Crippen LogP contribution in [0.25, 0.3) is 0 Å². The highest BCUT2D eigenvalue weighted by atomic mass is 14.9. The Labute approximate surface area is 140 Å². The first-order valence-corrected chi connectivity index (χ1v) is 8.88. The van der Waals surface area contributed by atoms with Gasteiger partial charge in [-0.15, -0.1) is 0 Å². The minimum absolute atomic E-state index is 0.570. The summed E-state index contributed by atoms with van der Waals surface area (Å²) in [6.45, 7) is 2.29. The molecule has 0 saturated heterocycles. The second-order valence-electron chi connectivity index (χ2n) is 6.63. The van der Waals surface area contributed by atoms with Crippen LogP contribution >= 0.6 is 0 Å². The van der Waals surface area contributed by atoms with Crippen molar-refractivity contribution >= 4 is 5.69 Å². The van der Waals surface area contributed by atoms with E-state index in [2.05, 4.69) is 66.1 Å². The Kier molecular flexibility index (Phi) is 5.35. The van der Waals surface area contributed by atoms with Crippen LogP contribution in [0.15, 0.2) is 48.5 Å². The zero-order chi connectivity index (χ0) is 16.1. The summed E-state index contributed by atoms with van der Waals surface area (Å²) in [4.78, 5) is 0. The lowest BCUT2D eigenvalue weighted by Gasteiger charge is -2.30. The van der Waals surface area contributed by atoms with Crippen LogP contribution in [0.1, 0.15) is 36.5 Å². The maximum absolute atomic E-state index is 3.91. The molecular weight excluding hydrogens is 280 g/mol. The Bertz CT molecular complexity index is 621. The number of hydrogen-bond acceptors (Lipinski definition) is 2. The van der Waals surface area contributed by atoms with Crippen molar-refractivity contribution in [2.75, 3.05) is 12.4 Å². The SMILES string of the molecule is CCC(Cc1ccccc1)NC1CCc2cc(NC)ccc2C1. The lowest BCUT2D eigenvalue weighted by molar-refractivity contribution is 0.383. The van der Waals surface area contributed by atoms with E-state index in [0.29, 0.717) is 12.1 Å². The van der Waals surface area contributed by atoms with Gasteiger partial charge in [0.15, 0.2) is 0 Å². The van der Waals surface area contributed by atoms with Crippen LogP contribution in [0.5, 0.6) is 0 Å². The fourth-order valence-corrected chi connectivity index (χ4v) is 3.61. The normalized spacial score (nSPS) is 18.3. The van der Waals surface area contributed by atoms with Crippen molar-refractivity contribution in [1.82, 2.24) is 5.32 Å². The van der Waals surface area contributed by atoms with Crippen molar-refractivity contribution in [3.05, 3.63) is 65.2 Å². The molecule has 2 atom stereocenters. The monoisotopic (exact) mass is 308 g/mol. The highest BCUT2D eigenvalue weighted by Gasteiger charge is 2.21. The molecule has 2 aromatic carbocycles. The van der Waals surface area contributed by atoms with Crippen molar-refractivity contribution in [3.63, 3.8) is 0 Å². The molecule has 0 spiro atoms. The van der Waals surface area contributed by atoms with Crippen molar-refractivity contribution in [2.45, 2.75) is 51.1 Å². The maximum Gasteiger partial charge on any atom is 0.0340 e. The molecular formula is C21H28N2. The second kappa shape index (κ2) is 7.65. The fourth-order valence-electron chi connectivity index (χ4n) is 3.61. The van der Waals surface area contributed by atoms with Gasteiger partial charge in [-0.25, -0.2) is 0 Å². The van der Waals surface area contributed by atoms with Gasteiger partial charge in [-0.05, 0) is 60.9 Å². The van der Waals surface area contributed by atoms with Crippen LogP contribution in [0.4, 0.5) is 5.69 Å². The van der Waals surface area contributed by atoms with Gasteiger partial charge in [0.1, 0.15) is 0 Å². The third-order valence-corrected chi connectivity index (χ3v) is 5.01. The molecule has 0 aliphatic heterocycles. The molecule has 0 amide bonds.